The van der Waals surface area contributed by atoms with Gasteiger partial charge >= 0.3 is 0 Å². The Hall–Kier alpha value is -1.58. The minimum Gasteiger partial charge on any atom is -0.445 e. The Morgan fingerprint density at radius 3 is 2.70 bits per heavy atom. The normalized spacial score (nSPS) is 19.2. The quantitative estimate of drug-likeness (QED) is 0.359. The number of fused-ring (bicyclic) bond motifs is 3. The molecule has 0 N–H and O–H groups in total. The SMILES string of the molecule is CC(C)=CCC/C(C)=C/CCC1(C)C=Cc2c(c3ccccc3oc2=S)S1. The van der Waals surface area contributed by atoms with Crippen molar-refractivity contribution in [1.29, 1.82) is 0 Å². The van der Waals surface area contributed by atoms with Gasteiger partial charge in [-0.3, -0.25) is 0 Å². The largest absolute Gasteiger partial charge is 0.445 e. The molecule has 0 fully saturated rings. The number of hydrogen-bond donors (Lipinski definition) is 0. The second-order valence-corrected chi connectivity index (χ2v) is 9.70. The molecule has 1 aromatic heterocycles. The van der Waals surface area contributed by atoms with Crippen molar-refractivity contribution in [2.45, 2.75) is 63.0 Å². The minimum atomic E-state index is 0.0790. The molecule has 2 heterocycles. The lowest BCUT2D eigenvalue weighted by Gasteiger charge is -2.30. The number of rotatable bonds is 6. The topological polar surface area (TPSA) is 13.1 Å². The molecule has 1 aliphatic heterocycles. The van der Waals surface area contributed by atoms with Gasteiger partial charge in [0.1, 0.15) is 5.58 Å². The van der Waals surface area contributed by atoms with E-state index in [0.29, 0.717) is 4.71 Å². The number of thioether (sulfide) groups is 1. The van der Waals surface area contributed by atoms with E-state index >= 15 is 0 Å². The molecular formula is C24H28OS2. The second-order valence-electron chi connectivity index (χ2n) is 7.79. The van der Waals surface area contributed by atoms with Gasteiger partial charge in [-0.1, -0.05) is 53.6 Å². The third-order valence-corrected chi connectivity index (χ3v) is 6.72. The molecule has 0 radical (unpaired) electrons. The molecule has 0 amide bonds. The summed E-state index contributed by atoms with van der Waals surface area (Å²) in [6.45, 7) is 8.90. The Balaban J connectivity index is 1.73. The van der Waals surface area contributed by atoms with Crippen molar-refractivity contribution >= 4 is 41.0 Å². The van der Waals surface area contributed by atoms with Gasteiger partial charge in [0.15, 0.2) is 4.71 Å². The first kappa shape index (κ1) is 20.2. The monoisotopic (exact) mass is 396 g/mol. The van der Waals surface area contributed by atoms with Crippen molar-refractivity contribution in [3.63, 3.8) is 0 Å². The van der Waals surface area contributed by atoms with Crippen LogP contribution in [-0.2, 0) is 0 Å². The Morgan fingerprint density at radius 2 is 1.93 bits per heavy atom. The summed E-state index contributed by atoms with van der Waals surface area (Å²) in [4.78, 5) is 1.26. The molecule has 142 valence electrons. The third-order valence-electron chi connectivity index (χ3n) is 4.96. The molecule has 1 aliphatic rings. The Morgan fingerprint density at radius 1 is 1.15 bits per heavy atom. The van der Waals surface area contributed by atoms with Crippen LogP contribution in [0.4, 0.5) is 0 Å². The Bertz CT molecular complexity index is 974. The van der Waals surface area contributed by atoms with E-state index in [1.54, 1.807) is 0 Å². The van der Waals surface area contributed by atoms with Crippen LogP contribution in [0.15, 0.2) is 63.0 Å². The fourth-order valence-electron chi connectivity index (χ4n) is 3.35. The summed E-state index contributed by atoms with van der Waals surface area (Å²) < 4.78 is 6.50. The average Bonchev–Trinajstić information content (AvgIpc) is 2.61. The van der Waals surface area contributed by atoms with Gasteiger partial charge < -0.3 is 4.42 Å². The molecule has 1 nitrogen and oxygen atoms in total. The molecule has 2 aromatic rings. The first-order chi connectivity index (χ1) is 12.9. The summed E-state index contributed by atoms with van der Waals surface area (Å²) in [5.74, 6) is 0. The summed E-state index contributed by atoms with van der Waals surface area (Å²) in [5, 5.41) is 1.16. The zero-order chi connectivity index (χ0) is 19.4. The Labute approximate surface area is 172 Å². The summed E-state index contributed by atoms with van der Waals surface area (Å²) in [5.41, 5.74) is 4.82. The lowest BCUT2D eigenvalue weighted by Crippen LogP contribution is -2.18. The minimum absolute atomic E-state index is 0.0790. The van der Waals surface area contributed by atoms with E-state index in [2.05, 4.69) is 64.1 Å². The van der Waals surface area contributed by atoms with Crippen molar-refractivity contribution in [2.75, 3.05) is 0 Å². The van der Waals surface area contributed by atoms with Crippen LogP contribution in [0, 0.1) is 4.71 Å². The number of benzene rings is 1. The standard InChI is InChI=1S/C24H28OS2/c1-17(2)9-7-10-18(3)11-8-15-24(4)16-14-20-22(27-24)19-12-5-6-13-21(19)25-23(20)26/h5-6,9,11-14,16H,7-8,10,15H2,1-4H3/b18-11+. The van der Waals surface area contributed by atoms with Crippen molar-refractivity contribution in [2.24, 2.45) is 0 Å². The molecule has 3 rings (SSSR count). The van der Waals surface area contributed by atoms with Crippen LogP contribution in [-0.4, -0.2) is 4.75 Å². The molecule has 0 saturated carbocycles. The molecule has 0 saturated heterocycles. The lowest BCUT2D eigenvalue weighted by atomic mass is 10.00. The predicted molar refractivity (Wildman–Crippen MR) is 122 cm³/mol. The van der Waals surface area contributed by atoms with Crippen molar-refractivity contribution in [1.82, 2.24) is 0 Å². The first-order valence-electron chi connectivity index (χ1n) is 9.61. The van der Waals surface area contributed by atoms with Crippen LogP contribution in [0.5, 0.6) is 0 Å². The average molecular weight is 397 g/mol. The van der Waals surface area contributed by atoms with E-state index in [0.717, 1.165) is 42.2 Å². The summed E-state index contributed by atoms with van der Waals surface area (Å²) in [6.07, 6.45) is 13.7. The highest BCUT2D eigenvalue weighted by molar-refractivity contribution is 8.01. The molecule has 0 spiro atoms. The maximum atomic E-state index is 5.83. The van der Waals surface area contributed by atoms with E-state index < -0.39 is 0 Å². The van der Waals surface area contributed by atoms with Gasteiger partial charge in [-0.15, -0.1) is 11.8 Å². The highest BCUT2D eigenvalue weighted by Gasteiger charge is 2.28. The van der Waals surface area contributed by atoms with Crippen LogP contribution >= 0.6 is 24.0 Å². The van der Waals surface area contributed by atoms with Crippen LogP contribution < -0.4 is 0 Å². The fourth-order valence-corrected chi connectivity index (χ4v) is 5.04. The van der Waals surface area contributed by atoms with Crippen LogP contribution in [0.25, 0.3) is 17.0 Å². The third kappa shape index (κ3) is 5.03. The smallest absolute Gasteiger partial charge is 0.199 e. The summed E-state index contributed by atoms with van der Waals surface area (Å²) >= 11 is 7.40. The van der Waals surface area contributed by atoms with E-state index in [4.69, 9.17) is 16.6 Å². The van der Waals surface area contributed by atoms with Gasteiger partial charge in [0.25, 0.3) is 0 Å². The van der Waals surface area contributed by atoms with E-state index in [9.17, 15) is 0 Å². The fraction of sp³-hybridized carbons (Fsp3) is 0.375. The number of allylic oxidation sites excluding steroid dienone is 4. The molecule has 27 heavy (non-hydrogen) atoms. The zero-order valence-corrected chi connectivity index (χ0v) is 18.3. The molecule has 1 unspecified atom stereocenters. The van der Waals surface area contributed by atoms with Crippen molar-refractivity contribution < 1.29 is 4.42 Å². The second kappa shape index (κ2) is 8.62. The first-order valence-corrected chi connectivity index (χ1v) is 10.8. The zero-order valence-electron chi connectivity index (χ0n) is 16.7. The number of hydrogen-bond acceptors (Lipinski definition) is 3. The predicted octanol–water partition coefficient (Wildman–Crippen LogP) is 8.51. The van der Waals surface area contributed by atoms with Gasteiger partial charge in [0.05, 0.1) is 0 Å². The molecular weight excluding hydrogens is 368 g/mol. The van der Waals surface area contributed by atoms with Crippen molar-refractivity contribution in [3.8, 4) is 0 Å². The van der Waals surface area contributed by atoms with Gasteiger partial charge in [0, 0.05) is 20.6 Å². The van der Waals surface area contributed by atoms with E-state index in [1.807, 2.05) is 23.9 Å². The lowest BCUT2D eigenvalue weighted by molar-refractivity contribution is 0.580. The van der Waals surface area contributed by atoms with Gasteiger partial charge in [0.2, 0.25) is 0 Å². The maximum absolute atomic E-state index is 5.83. The highest BCUT2D eigenvalue weighted by atomic mass is 32.2. The van der Waals surface area contributed by atoms with Crippen molar-refractivity contribution in [3.05, 3.63) is 63.9 Å². The molecule has 1 atom stereocenters. The van der Waals surface area contributed by atoms with E-state index in [1.165, 1.54) is 16.0 Å². The number of para-hydroxylation sites is 1. The summed E-state index contributed by atoms with van der Waals surface area (Å²) in [7, 11) is 0. The molecule has 0 bridgehead atoms. The van der Waals surface area contributed by atoms with E-state index in [-0.39, 0.29) is 4.75 Å². The maximum Gasteiger partial charge on any atom is 0.199 e. The van der Waals surface area contributed by atoms with Crippen LogP contribution in [0.3, 0.4) is 0 Å². The van der Waals surface area contributed by atoms with Gasteiger partial charge in [-0.25, -0.2) is 0 Å². The Kier molecular flexibility index (Phi) is 6.44. The summed E-state index contributed by atoms with van der Waals surface area (Å²) in [6, 6.07) is 8.20. The van der Waals surface area contributed by atoms with Gasteiger partial charge in [-0.05, 0) is 71.7 Å². The van der Waals surface area contributed by atoms with Crippen LogP contribution in [0.2, 0.25) is 0 Å². The molecule has 1 aromatic carbocycles. The molecule has 3 heteroatoms. The highest BCUT2D eigenvalue weighted by Crippen LogP contribution is 2.47. The van der Waals surface area contributed by atoms with Gasteiger partial charge in [-0.2, -0.15) is 0 Å². The van der Waals surface area contributed by atoms with Crippen LogP contribution in [0.1, 0.15) is 58.9 Å². The molecule has 0 aliphatic carbocycles.